The Morgan fingerprint density at radius 3 is 2.96 bits per heavy atom. The second kappa shape index (κ2) is 5.03. The number of ether oxygens (including phenoxy) is 1. The fourth-order valence-electron chi connectivity index (χ4n) is 3.52. The average molecular weight is 311 g/mol. The van der Waals surface area contributed by atoms with Crippen LogP contribution in [-0.4, -0.2) is 41.5 Å². The summed E-state index contributed by atoms with van der Waals surface area (Å²) < 4.78 is 11.4. The third-order valence-electron chi connectivity index (χ3n) is 4.84. The van der Waals surface area contributed by atoms with Crippen molar-refractivity contribution in [2.75, 3.05) is 31.2 Å². The van der Waals surface area contributed by atoms with Crippen LogP contribution in [-0.2, 0) is 10.2 Å². The lowest BCUT2D eigenvalue weighted by Crippen LogP contribution is -2.36. The Morgan fingerprint density at radius 2 is 2.22 bits per heavy atom. The first-order valence-corrected chi connectivity index (χ1v) is 7.63. The zero-order valence-corrected chi connectivity index (χ0v) is 13.1. The van der Waals surface area contributed by atoms with Crippen molar-refractivity contribution in [3.05, 3.63) is 35.2 Å². The van der Waals surface area contributed by atoms with E-state index >= 15 is 0 Å². The molecule has 0 amide bonds. The number of anilines is 1. The number of fused-ring (bicyclic) bond motifs is 1. The van der Waals surface area contributed by atoms with E-state index in [0.717, 1.165) is 17.9 Å². The first-order valence-electron chi connectivity index (χ1n) is 7.63. The van der Waals surface area contributed by atoms with Crippen molar-refractivity contribution in [2.24, 2.45) is 5.92 Å². The summed E-state index contributed by atoms with van der Waals surface area (Å²) in [5, 5.41) is 17.4. The Bertz CT molecular complexity index is 796. The lowest BCUT2D eigenvalue weighted by Gasteiger charge is -2.23. The van der Waals surface area contributed by atoms with Gasteiger partial charge in [-0.25, -0.2) is 4.98 Å². The van der Waals surface area contributed by atoms with Crippen molar-refractivity contribution in [3.63, 3.8) is 0 Å². The van der Waals surface area contributed by atoms with E-state index in [2.05, 4.69) is 26.2 Å². The van der Waals surface area contributed by atoms with Crippen LogP contribution in [0, 0.1) is 31.1 Å². The maximum Gasteiger partial charge on any atom is 0.227 e. The molecule has 0 radical (unpaired) electrons. The molecular weight excluding hydrogens is 294 g/mol. The molecule has 0 unspecified atom stereocenters. The summed E-state index contributed by atoms with van der Waals surface area (Å²) in [5.41, 5.74) is 1.08. The standard InChI is InChI=1S/C16H17N5O2/c1-10-3-4-14(18-13(10)5-17)21-6-12-7-22-9-16(12,8-21)15-20-19-11(2)23-15/h3-4,12H,6-9H2,1-2H3/t12-,16-/m0/s1. The molecule has 2 aliphatic heterocycles. The lowest BCUT2D eigenvalue weighted by atomic mass is 9.81. The summed E-state index contributed by atoms with van der Waals surface area (Å²) in [7, 11) is 0. The summed E-state index contributed by atoms with van der Waals surface area (Å²) in [5.74, 6) is 2.32. The van der Waals surface area contributed by atoms with Gasteiger partial charge in [-0.15, -0.1) is 10.2 Å². The molecule has 2 aliphatic rings. The molecule has 2 saturated heterocycles. The van der Waals surface area contributed by atoms with Crippen molar-refractivity contribution in [1.29, 1.82) is 5.26 Å². The van der Waals surface area contributed by atoms with Gasteiger partial charge in [0.1, 0.15) is 17.6 Å². The molecule has 2 aromatic heterocycles. The van der Waals surface area contributed by atoms with Gasteiger partial charge in [0.15, 0.2) is 0 Å². The molecule has 2 aromatic rings. The third kappa shape index (κ3) is 2.10. The molecule has 7 heteroatoms. The van der Waals surface area contributed by atoms with Gasteiger partial charge in [-0.3, -0.25) is 0 Å². The highest BCUT2D eigenvalue weighted by Gasteiger charge is 2.55. The van der Waals surface area contributed by atoms with Crippen molar-refractivity contribution < 1.29 is 9.15 Å². The minimum absolute atomic E-state index is 0.277. The van der Waals surface area contributed by atoms with Crippen LogP contribution in [0.4, 0.5) is 5.82 Å². The Morgan fingerprint density at radius 1 is 1.35 bits per heavy atom. The van der Waals surface area contributed by atoms with E-state index in [1.807, 2.05) is 19.1 Å². The number of rotatable bonds is 2. The lowest BCUT2D eigenvalue weighted by molar-refractivity contribution is 0.166. The summed E-state index contributed by atoms with van der Waals surface area (Å²) in [6, 6.07) is 6.05. The van der Waals surface area contributed by atoms with Crippen LogP contribution in [0.25, 0.3) is 0 Å². The van der Waals surface area contributed by atoms with Crippen LogP contribution in [0.5, 0.6) is 0 Å². The van der Waals surface area contributed by atoms with Crippen LogP contribution in [0.3, 0.4) is 0 Å². The van der Waals surface area contributed by atoms with E-state index in [4.69, 9.17) is 9.15 Å². The molecular formula is C16H17N5O2. The van der Waals surface area contributed by atoms with Gasteiger partial charge in [0.2, 0.25) is 11.8 Å². The fourth-order valence-corrected chi connectivity index (χ4v) is 3.52. The van der Waals surface area contributed by atoms with Crippen LogP contribution in [0.15, 0.2) is 16.5 Å². The van der Waals surface area contributed by atoms with Gasteiger partial charge in [-0.05, 0) is 18.6 Å². The number of nitrogens with zero attached hydrogens (tertiary/aromatic N) is 5. The number of hydrogen-bond donors (Lipinski definition) is 0. The predicted molar refractivity (Wildman–Crippen MR) is 80.9 cm³/mol. The SMILES string of the molecule is Cc1nnc([C@@]23COC[C@@H]2CN(c2ccc(C)c(C#N)n2)C3)o1. The molecule has 4 heterocycles. The van der Waals surface area contributed by atoms with Gasteiger partial charge >= 0.3 is 0 Å². The van der Waals surface area contributed by atoms with E-state index in [0.29, 0.717) is 37.2 Å². The smallest absolute Gasteiger partial charge is 0.227 e. The number of pyridine rings is 1. The third-order valence-corrected chi connectivity index (χ3v) is 4.84. The molecule has 0 aromatic carbocycles. The normalized spacial score (nSPS) is 26.3. The number of nitriles is 1. The molecule has 0 bridgehead atoms. The Hall–Kier alpha value is -2.46. The summed E-state index contributed by atoms with van der Waals surface area (Å²) >= 11 is 0. The zero-order valence-electron chi connectivity index (χ0n) is 13.1. The summed E-state index contributed by atoms with van der Waals surface area (Å²) in [6.45, 7) is 6.46. The molecule has 7 nitrogen and oxygen atoms in total. The van der Waals surface area contributed by atoms with Crippen molar-refractivity contribution in [3.8, 4) is 6.07 Å². The highest BCUT2D eigenvalue weighted by Crippen LogP contribution is 2.44. The monoisotopic (exact) mass is 311 g/mol. The van der Waals surface area contributed by atoms with Crippen molar-refractivity contribution in [2.45, 2.75) is 19.3 Å². The van der Waals surface area contributed by atoms with Crippen molar-refractivity contribution >= 4 is 5.82 Å². The first-order chi connectivity index (χ1) is 11.1. The average Bonchev–Trinajstić information content (AvgIpc) is 3.21. The van der Waals surface area contributed by atoms with Gasteiger partial charge in [-0.2, -0.15) is 5.26 Å². The van der Waals surface area contributed by atoms with Crippen LogP contribution in [0.1, 0.15) is 23.0 Å². The molecule has 2 fully saturated rings. The second-order valence-corrected chi connectivity index (χ2v) is 6.32. The quantitative estimate of drug-likeness (QED) is 0.827. The first kappa shape index (κ1) is 14.2. The molecule has 0 spiro atoms. The van der Waals surface area contributed by atoms with E-state index in [-0.39, 0.29) is 11.3 Å². The van der Waals surface area contributed by atoms with Gasteiger partial charge in [0, 0.05) is 25.9 Å². The Labute approximate surface area is 133 Å². The van der Waals surface area contributed by atoms with Gasteiger partial charge in [-0.1, -0.05) is 6.07 Å². The van der Waals surface area contributed by atoms with E-state index in [1.165, 1.54) is 0 Å². The minimum Gasteiger partial charge on any atom is -0.425 e. The number of aromatic nitrogens is 3. The van der Waals surface area contributed by atoms with Gasteiger partial charge < -0.3 is 14.1 Å². The van der Waals surface area contributed by atoms with Crippen molar-refractivity contribution in [1.82, 2.24) is 15.2 Å². The fraction of sp³-hybridized carbons (Fsp3) is 0.500. The summed E-state index contributed by atoms with van der Waals surface area (Å²) in [4.78, 5) is 6.67. The van der Waals surface area contributed by atoms with E-state index < -0.39 is 0 Å². The maximum absolute atomic E-state index is 9.19. The molecule has 0 N–H and O–H groups in total. The highest BCUT2D eigenvalue weighted by atomic mass is 16.5. The Balaban J connectivity index is 1.69. The van der Waals surface area contributed by atoms with Crippen LogP contribution >= 0.6 is 0 Å². The largest absolute Gasteiger partial charge is 0.425 e. The highest BCUT2D eigenvalue weighted by molar-refractivity contribution is 5.47. The topological polar surface area (TPSA) is 88.1 Å². The van der Waals surface area contributed by atoms with E-state index in [1.54, 1.807) is 6.92 Å². The molecule has 0 saturated carbocycles. The maximum atomic E-state index is 9.19. The minimum atomic E-state index is -0.277. The van der Waals surface area contributed by atoms with Crippen LogP contribution < -0.4 is 4.90 Å². The van der Waals surface area contributed by atoms with E-state index in [9.17, 15) is 5.26 Å². The van der Waals surface area contributed by atoms with Gasteiger partial charge in [0.25, 0.3) is 0 Å². The Kier molecular flexibility index (Phi) is 3.10. The molecule has 118 valence electrons. The zero-order chi connectivity index (χ0) is 16.0. The second-order valence-electron chi connectivity index (χ2n) is 6.32. The van der Waals surface area contributed by atoms with Crippen LogP contribution in [0.2, 0.25) is 0 Å². The molecule has 23 heavy (non-hydrogen) atoms. The summed E-state index contributed by atoms with van der Waals surface area (Å²) in [6.07, 6.45) is 0. The molecule has 4 rings (SSSR count). The van der Waals surface area contributed by atoms with Gasteiger partial charge in [0.05, 0.1) is 18.6 Å². The predicted octanol–water partition coefficient (Wildman–Crippen LogP) is 1.36. The number of aryl methyl sites for hydroxylation is 2. The molecule has 0 aliphatic carbocycles. The molecule has 2 atom stereocenters. The number of hydrogen-bond acceptors (Lipinski definition) is 7.